The molecule has 1 saturated heterocycles. The van der Waals surface area contributed by atoms with Gasteiger partial charge in [0.1, 0.15) is 17.8 Å². The number of hydrogen-bond donors (Lipinski definition) is 4. The van der Waals surface area contributed by atoms with Crippen LogP contribution in [0.25, 0.3) is 0 Å². The van der Waals surface area contributed by atoms with Crippen LogP contribution in [-0.2, 0) is 34.2 Å². The van der Waals surface area contributed by atoms with Crippen LogP contribution in [0.15, 0.2) is 12.2 Å². The molecule has 0 aromatic carbocycles. The van der Waals surface area contributed by atoms with E-state index in [1.54, 1.807) is 6.92 Å². The summed E-state index contributed by atoms with van der Waals surface area (Å²) in [6.45, 7) is 10.8. The van der Waals surface area contributed by atoms with Crippen molar-refractivity contribution in [1.29, 1.82) is 0 Å². The Balaban J connectivity index is 0.00000132. The first-order chi connectivity index (χ1) is 17.3. The lowest BCUT2D eigenvalue weighted by atomic mass is 9.84. The minimum Gasteiger partial charge on any atom is -0.459 e. The van der Waals surface area contributed by atoms with E-state index >= 15 is 0 Å². The van der Waals surface area contributed by atoms with Crippen molar-refractivity contribution >= 4 is 22.2 Å². The van der Waals surface area contributed by atoms with Crippen molar-refractivity contribution in [2.45, 2.75) is 103 Å². The molecule has 12 nitrogen and oxygen atoms in total. The summed E-state index contributed by atoms with van der Waals surface area (Å²) >= 11 is 0. The SMILES string of the molecule is CC[C@H]1OC(=O)[C@H](C)[C@@H](O[C@@H]2O[C@H](C)C[C@H](N(C)C)[C@H]2O)[C@@H](C)C[C@@H](C)C(=O)/C=C/[C@]1(C)O.O=S(=O)(O)O. The van der Waals surface area contributed by atoms with Crippen LogP contribution in [0.1, 0.15) is 60.8 Å². The van der Waals surface area contributed by atoms with Gasteiger partial charge >= 0.3 is 16.4 Å². The summed E-state index contributed by atoms with van der Waals surface area (Å²) in [6.07, 6.45) is 0.943. The molecule has 0 aliphatic carbocycles. The second-order valence-electron chi connectivity index (χ2n) is 10.8. The third kappa shape index (κ3) is 10.6. The summed E-state index contributed by atoms with van der Waals surface area (Å²) < 4.78 is 49.5. The minimum atomic E-state index is -4.67. The highest BCUT2D eigenvalue weighted by Crippen LogP contribution is 2.32. The van der Waals surface area contributed by atoms with Crippen LogP contribution in [0.3, 0.4) is 0 Å². The molecule has 0 saturated carbocycles. The van der Waals surface area contributed by atoms with Gasteiger partial charge in [0.05, 0.1) is 18.1 Å². The van der Waals surface area contributed by atoms with Crippen LogP contribution in [0.4, 0.5) is 0 Å². The van der Waals surface area contributed by atoms with Crippen LogP contribution in [0.5, 0.6) is 0 Å². The van der Waals surface area contributed by atoms with Gasteiger partial charge in [0.25, 0.3) is 0 Å². The highest BCUT2D eigenvalue weighted by Gasteiger charge is 2.43. The minimum absolute atomic E-state index is 0.106. The molecule has 10 atom stereocenters. The molecular weight excluding hydrogens is 522 g/mol. The Hall–Kier alpha value is -1.45. The number of hydrogen-bond acceptors (Lipinski definition) is 10. The predicted octanol–water partition coefficient (Wildman–Crippen LogP) is 1.65. The smallest absolute Gasteiger partial charge is 0.394 e. The number of nitrogens with zero attached hydrogens (tertiary/aromatic N) is 1. The number of allylic oxidation sites excluding steroid dienone is 1. The van der Waals surface area contributed by atoms with E-state index in [1.165, 1.54) is 19.1 Å². The quantitative estimate of drug-likeness (QED) is 0.285. The fourth-order valence-corrected chi connectivity index (χ4v) is 4.88. The molecule has 2 rings (SSSR count). The number of esters is 1. The third-order valence-electron chi connectivity index (χ3n) is 7.07. The van der Waals surface area contributed by atoms with Crippen molar-refractivity contribution in [2.24, 2.45) is 17.8 Å². The Morgan fingerprint density at radius 2 is 1.68 bits per heavy atom. The predicted molar refractivity (Wildman–Crippen MR) is 139 cm³/mol. The number of cyclic esters (lactones) is 1. The van der Waals surface area contributed by atoms with Gasteiger partial charge in [0.2, 0.25) is 0 Å². The van der Waals surface area contributed by atoms with Gasteiger partial charge in [-0.05, 0) is 72.2 Å². The molecule has 0 aromatic heterocycles. The van der Waals surface area contributed by atoms with E-state index in [4.69, 9.17) is 31.7 Å². The number of rotatable bonds is 4. The molecule has 2 aliphatic rings. The van der Waals surface area contributed by atoms with E-state index in [9.17, 15) is 19.8 Å². The second kappa shape index (κ2) is 14.3. The summed E-state index contributed by atoms with van der Waals surface area (Å²) in [7, 11) is -0.863. The van der Waals surface area contributed by atoms with Crippen molar-refractivity contribution in [1.82, 2.24) is 4.90 Å². The molecule has 0 radical (unpaired) electrons. The number of aliphatic hydroxyl groups is 2. The maximum Gasteiger partial charge on any atom is 0.394 e. The number of ether oxygens (including phenoxy) is 3. The van der Waals surface area contributed by atoms with Gasteiger partial charge in [0.15, 0.2) is 12.1 Å². The van der Waals surface area contributed by atoms with Crippen LogP contribution in [0, 0.1) is 17.8 Å². The molecule has 2 aliphatic heterocycles. The Morgan fingerprint density at radius 3 is 2.18 bits per heavy atom. The van der Waals surface area contributed by atoms with E-state index in [1.807, 2.05) is 46.7 Å². The van der Waals surface area contributed by atoms with E-state index in [0.717, 1.165) is 0 Å². The number of likely N-dealkylation sites (N-methyl/N-ethyl adjacent to an activating group) is 1. The van der Waals surface area contributed by atoms with Crippen molar-refractivity contribution in [3.63, 3.8) is 0 Å². The lowest BCUT2D eigenvalue weighted by molar-refractivity contribution is -0.279. The van der Waals surface area contributed by atoms with Crippen molar-refractivity contribution < 1.29 is 51.5 Å². The molecule has 0 aromatic rings. The summed E-state index contributed by atoms with van der Waals surface area (Å²) in [5, 5.41) is 21.8. The second-order valence-corrected chi connectivity index (χ2v) is 11.7. The van der Waals surface area contributed by atoms with Gasteiger partial charge in [0, 0.05) is 12.0 Å². The monoisotopic (exact) mass is 567 g/mol. The van der Waals surface area contributed by atoms with Gasteiger partial charge in [-0.1, -0.05) is 20.8 Å². The summed E-state index contributed by atoms with van der Waals surface area (Å²) in [6, 6.07) is -0.146. The van der Waals surface area contributed by atoms with Crippen LogP contribution < -0.4 is 0 Å². The highest BCUT2D eigenvalue weighted by molar-refractivity contribution is 7.79. The first kappa shape index (κ1) is 34.6. The molecule has 0 unspecified atom stereocenters. The molecule has 38 heavy (non-hydrogen) atoms. The van der Waals surface area contributed by atoms with Crippen LogP contribution in [-0.4, -0.2) is 101 Å². The summed E-state index contributed by atoms with van der Waals surface area (Å²) in [5.74, 6) is -1.81. The molecule has 0 amide bonds. The summed E-state index contributed by atoms with van der Waals surface area (Å²) in [4.78, 5) is 27.8. The zero-order valence-electron chi connectivity index (χ0n) is 23.5. The molecule has 0 bridgehead atoms. The molecule has 4 N–H and O–H groups in total. The molecule has 13 heteroatoms. The number of aliphatic hydroxyl groups excluding tert-OH is 1. The lowest BCUT2D eigenvalue weighted by Crippen LogP contribution is -2.56. The molecule has 1 fully saturated rings. The average molecular weight is 568 g/mol. The number of carbonyl (C=O) groups excluding carboxylic acids is 2. The van der Waals surface area contributed by atoms with E-state index in [2.05, 4.69) is 0 Å². The van der Waals surface area contributed by atoms with Crippen LogP contribution >= 0.6 is 0 Å². The highest BCUT2D eigenvalue weighted by atomic mass is 32.3. The fraction of sp³-hybridized carbons (Fsp3) is 0.840. The normalized spacial score (nSPS) is 40.3. The zero-order valence-corrected chi connectivity index (χ0v) is 24.3. The van der Waals surface area contributed by atoms with E-state index < -0.39 is 52.5 Å². The largest absolute Gasteiger partial charge is 0.459 e. The summed E-state index contributed by atoms with van der Waals surface area (Å²) in [5.41, 5.74) is -1.47. The zero-order chi connectivity index (χ0) is 29.6. The maximum absolute atomic E-state index is 13.1. The average Bonchev–Trinajstić information content (AvgIpc) is 2.78. The molecule has 222 valence electrons. The van der Waals surface area contributed by atoms with Crippen molar-refractivity contribution in [3.05, 3.63) is 12.2 Å². The Morgan fingerprint density at radius 1 is 1.13 bits per heavy atom. The van der Waals surface area contributed by atoms with E-state index in [0.29, 0.717) is 19.3 Å². The number of ketones is 1. The van der Waals surface area contributed by atoms with Crippen LogP contribution in [0.2, 0.25) is 0 Å². The Bertz CT molecular complexity index is 912. The standard InChI is InChI=1S/C25H43NO7.H2O4S/c1-9-20-25(6,30)11-10-19(27)14(2)12-15(3)22(17(5)23(29)32-20)33-24-21(28)18(26(7)8)13-16(4)31-24;1-5(2,3)4/h10-11,14-18,20-22,24,28,30H,9,12-13H2,1-8H3;(H2,1,2,3,4)/b11-10+;/t14-,15+,16-,17-,18+,20-,21-,22+,24+,25+;/m1./s1. The Kier molecular flexibility index (Phi) is 13.0. The van der Waals surface area contributed by atoms with Crippen molar-refractivity contribution in [2.75, 3.05) is 14.1 Å². The lowest BCUT2D eigenvalue weighted by Gasteiger charge is -2.43. The first-order valence-electron chi connectivity index (χ1n) is 12.8. The van der Waals surface area contributed by atoms with Gasteiger partial charge in [-0.3, -0.25) is 18.7 Å². The van der Waals surface area contributed by atoms with Gasteiger partial charge < -0.3 is 29.3 Å². The molecule has 2 heterocycles. The van der Waals surface area contributed by atoms with Gasteiger partial charge in [-0.25, -0.2) is 0 Å². The molecular formula is C25H45NO11S. The third-order valence-corrected chi connectivity index (χ3v) is 7.07. The number of carbonyl (C=O) groups is 2. The fourth-order valence-electron chi connectivity index (χ4n) is 4.88. The van der Waals surface area contributed by atoms with Crippen molar-refractivity contribution in [3.8, 4) is 0 Å². The molecule has 0 spiro atoms. The van der Waals surface area contributed by atoms with Gasteiger partial charge in [-0.2, -0.15) is 8.42 Å². The maximum atomic E-state index is 13.1. The van der Waals surface area contributed by atoms with E-state index in [-0.39, 0.29) is 29.8 Å². The first-order valence-corrected chi connectivity index (χ1v) is 14.2. The van der Waals surface area contributed by atoms with Gasteiger partial charge in [-0.15, -0.1) is 0 Å². The Labute approximate surface area is 225 Å². The topological polar surface area (TPSA) is 180 Å².